The second-order valence-electron chi connectivity index (χ2n) is 4.56. The van der Waals surface area contributed by atoms with Gasteiger partial charge in [0.1, 0.15) is 6.04 Å². The molecule has 1 saturated carbocycles. The maximum absolute atomic E-state index is 11.0. The molecule has 0 amide bonds. The zero-order valence-corrected chi connectivity index (χ0v) is 9.36. The maximum Gasteiger partial charge on any atom is 0.320 e. The Morgan fingerprint density at radius 2 is 2.21 bits per heavy atom. The van der Waals surface area contributed by atoms with E-state index in [1.54, 1.807) is 0 Å². The first-order valence-electron chi connectivity index (χ1n) is 5.49. The average molecular weight is 199 g/mol. The molecule has 0 radical (unpaired) electrons. The second kappa shape index (κ2) is 4.78. The summed E-state index contributed by atoms with van der Waals surface area (Å²) in [7, 11) is 1.93. The fourth-order valence-corrected chi connectivity index (χ4v) is 1.96. The molecule has 14 heavy (non-hydrogen) atoms. The number of carboxylic acids is 1. The van der Waals surface area contributed by atoms with Crippen LogP contribution in [0, 0.1) is 11.8 Å². The van der Waals surface area contributed by atoms with Gasteiger partial charge in [0.05, 0.1) is 0 Å². The molecule has 1 aliphatic carbocycles. The highest BCUT2D eigenvalue weighted by molar-refractivity contribution is 5.73. The van der Waals surface area contributed by atoms with E-state index in [1.807, 2.05) is 18.9 Å². The van der Waals surface area contributed by atoms with Crippen LogP contribution in [-0.4, -0.2) is 35.6 Å². The van der Waals surface area contributed by atoms with Gasteiger partial charge in [-0.2, -0.15) is 0 Å². The van der Waals surface area contributed by atoms with E-state index in [0.717, 1.165) is 31.2 Å². The van der Waals surface area contributed by atoms with Crippen LogP contribution in [0.4, 0.5) is 0 Å². The molecule has 1 aliphatic rings. The Balaban J connectivity index is 2.37. The molecular weight excluding hydrogens is 178 g/mol. The fourth-order valence-electron chi connectivity index (χ4n) is 1.96. The topological polar surface area (TPSA) is 40.5 Å². The Bertz CT molecular complexity index is 205. The quantitative estimate of drug-likeness (QED) is 0.709. The van der Waals surface area contributed by atoms with Crippen LogP contribution in [0.1, 0.15) is 33.1 Å². The molecule has 3 atom stereocenters. The zero-order valence-electron chi connectivity index (χ0n) is 9.36. The van der Waals surface area contributed by atoms with E-state index < -0.39 is 5.97 Å². The molecular formula is C11H21NO2. The normalized spacial score (nSPS) is 27.7. The molecule has 1 rings (SSSR count). The first-order chi connectivity index (χ1) is 6.56. The van der Waals surface area contributed by atoms with Crippen LogP contribution in [0.25, 0.3) is 0 Å². The minimum Gasteiger partial charge on any atom is -0.480 e. The third kappa shape index (κ3) is 2.98. The van der Waals surface area contributed by atoms with E-state index in [0.29, 0.717) is 0 Å². The highest BCUT2D eigenvalue weighted by Crippen LogP contribution is 2.38. The third-order valence-electron chi connectivity index (χ3n) is 3.18. The van der Waals surface area contributed by atoms with Crippen LogP contribution in [0.15, 0.2) is 0 Å². The van der Waals surface area contributed by atoms with Crippen molar-refractivity contribution in [2.45, 2.75) is 39.2 Å². The van der Waals surface area contributed by atoms with Crippen LogP contribution < -0.4 is 0 Å². The lowest BCUT2D eigenvalue weighted by Gasteiger charge is -2.24. The van der Waals surface area contributed by atoms with Gasteiger partial charge in [-0.15, -0.1) is 0 Å². The van der Waals surface area contributed by atoms with Gasteiger partial charge in [0.25, 0.3) is 0 Å². The van der Waals surface area contributed by atoms with E-state index in [2.05, 4.69) is 6.92 Å². The summed E-state index contributed by atoms with van der Waals surface area (Å²) >= 11 is 0. The van der Waals surface area contributed by atoms with E-state index in [1.165, 1.54) is 6.42 Å². The molecule has 0 aromatic carbocycles. The lowest BCUT2D eigenvalue weighted by atomic mass is 10.1. The molecule has 1 fully saturated rings. The van der Waals surface area contributed by atoms with Gasteiger partial charge in [0, 0.05) is 6.54 Å². The molecule has 0 aromatic rings. The number of hydrogen-bond acceptors (Lipinski definition) is 2. The van der Waals surface area contributed by atoms with Crippen molar-refractivity contribution in [3.8, 4) is 0 Å². The summed E-state index contributed by atoms with van der Waals surface area (Å²) in [4.78, 5) is 13.0. The summed E-state index contributed by atoms with van der Waals surface area (Å²) in [5, 5.41) is 9.03. The van der Waals surface area contributed by atoms with Crippen molar-refractivity contribution in [2.24, 2.45) is 11.8 Å². The first kappa shape index (κ1) is 11.5. The lowest BCUT2D eigenvalue weighted by Crippen LogP contribution is -2.39. The van der Waals surface area contributed by atoms with E-state index in [9.17, 15) is 4.79 Å². The Hall–Kier alpha value is -0.570. The van der Waals surface area contributed by atoms with Gasteiger partial charge in [0.15, 0.2) is 0 Å². The first-order valence-corrected chi connectivity index (χ1v) is 5.49. The van der Waals surface area contributed by atoms with Gasteiger partial charge >= 0.3 is 5.97 Å². The van der Waals surface area contributed by atoms with Crippen molar-refractivity contribution >= 4 is 5.97 Å². The van der Waals surface area contributed by atoms with Crippen molar-refractivity contribution in [3.63, 3.8) is 0 Å². The second-order valence-corrected chi connectivity index (χ2v) is 4.56. The molecule has 0 saturated heterocycles. The zero-order chi connectivity index (χ0) is 10.7. The Kier molecular flexibility index (Phi) is 3.93. The van der Waals surface area contributed by atoms with Gasteiger partial charge in [-0.25, -0.2) is 0 Å². The Labute approximate surface area is 86.1 Å². The minimum atomic E-state index is -0.678. The lowest BCUT2D eigenvalue weighted by molar-refractivity contribution is -0.143. The van der Waals surface area contributed by atoms with E-state index in [4.69, 9.17) is 5.11 Å². The van der Waals surface area contributed by atoms with Gasteiger partial charge in [0.2, 0.25) is 0 Å². The number of hydrogen-bond donors (Lipinski definition) is 1. The number of carbonyl (C=O) groups is 1. The van der Waals surface area contributed by atoms with Gasteiger partial charge in [-0.3, -0.25) is 9.69 Å². The van der Waals surface area contributed by atoms with Gasteiger partial charge < -0.3 is 5.11 Å². The van der Waals surface area contributed by atoms with Crippen molar-refractivity contribution in [3.05, 3.63) is 0 Å². The SMILES string of the molecule is CCCC(C(=O)O)N(C)CC1CC1C. The van der Waals surface area contributed by atoms with Crippen molar-refractivity contribution < 1.29 is 9.90 Å². The van der Waals surface area contributed by atoms with Crippen molar-refractivity contribution in [2.75, 3.05) is 13.6 Å². The Morgan fingerprint density at radius 1 is 1.64 bits per heavy atom. The number of aliphatic carboxylic acids is 1. The smallest absolute Gasteiger partial charge is 0.320 e. The summed E-state index contributed by atoms with van der Waals surface area (Å²) in [6, 6.07) is -0.284. The molecule has 0 heterocycles. The summed E-state index contributed by atoms with van der Waals surface area (Å²) in [6.07, 6.45) is 2.96. The number of carboxylic acid groups (broad SMARTS) is 1. The maximum atomic E-state index is 11.0. The van der Waals surface area contributed by atoms with Gasteiger partial charge in [-0.1, -0.05) is 20.3 Å². The largest absolute Gasteiger partial charge is 0.480 e. The number of nitrogens with zero attached hydrogens (tertiary/aromatic N) is 1. The molecule has 3 unspecified atom stereocenters. The molecule has 0 aromatic heterocycles. The number of likely N-dealkylation sites (N-methyl/N-ethyl adjacent to an activating group) is 1. The van der Waals surface area contributed by atoms with Crippen molar-refractivity contribution in [1.82, 2.24) is 4.90 Å². The minimum absolute atomic E-state index is 0.284. The Morgan fingerprint density at radius 3 is 2.57 bits per heavy atom. The molecule has 1 N–H and O–H groups in total. The predicted octanol–water partition coefficient (Wildman–Crippen LogP) is 1.83. The number of rotatable bonds is 6. The van der Waals surface area contributed by atoms with Crippen LogP contribution in [-0.2, 0) is 4.79 Å². The van der Waals surface area contributed by atoms with Crippen LogP contribution in [0.5, 0.6) is 0 Å². The summed E-state index contributed by atoms with van der Waals surface area (Å²) in [5.74, 6) is 0.856. The summed E-state index contributed by atoms with van der Waals surface area (Å²) in [5.41, 5.74) is 0. The molecule has 3 heteroatoms. The van der Waals surface area contributed by atoms with Gasteiger partial charge in [-0.05, 0) is 31.7 Å². The molecule has 0 spiro atoms. The standard InChI is InChI=1S/C11H21NO2/c1-4-5-10(11(13)14)12(3)7-9-6-8(9)2/h8-10H,4-7H2,1-3H3,(H,13,14). The summed E-state index contributed by atoms with van der Waals surface area (Å²) in [6.45, 7) is 5.20. The molecule has 0 aliphatic heterocycles. The highest BCUT2D eigenvalue weighted by atomic mass is 16.4. The van der Waals surface area contributed by atoms with E-state index in [-0.39, 0.29) is 6.04 Å². The highest BCUT2D eigenvalue weighted by Gasteiger charge is 2.35. The molecule has 3 nitrogen and oxygen atoms in total. The van der Waals surface area contributed by atoms with E-state index >= 15 is 0 Å². The van der Waals surface area contributed by atoms with Crippen LogP contribution in [0.3, 0.4) is 0 Å². The summed E-state index contributed by atoms with van der Waals surface area (Å²) < 4.78 is 0. The monoisotopic (exact) mass is 199 g/mol. The van der Waals surface area contributed by atoms with Crippen molar-refractivity contribution in [1.29, 1.82) is 0 Å². The average Bonchev–Trinajstić information content (AvgIpc) is 2.76. The van der Waals surface area contributed by atoms with Crippen LogP contribution >= 0.6 is 0 Å². The van der Waals surface area contributed by atoms with Crippen LogP contribution in [0.2, 0.25) is 0 Å². The fraction of sp³-hybridized carbons (Fsp3) is 0.909. The molecule has 0 bridgehead atoms. The predicted molar refractivity (Wildman–Crippen MR) is 56.2 cm³/mol. The third-order valence-corrected chi connectivity index (χ3v) is 3.18. The molecule has 82 valence electrons.